The quantitative estimate of drug-likeness (QED) is 0.252. The number of carbonyl (C=O) groups excluding carboxylic acids is 2. The topological polar surface area (TPSA) is 58.6 Å². The Morgan fingerprint density at radius 1 is 0.892 bits per heavy atom. The van der Waals surface area contributed by atoms with Crippen LogP contribution in [0.25, 0.3) is 0 Å². The molecule has 37 heavy (non-hydrogen) atoms. The Bertz CT molecular complexity index is 1150. The summed E-state index contributed by atoms with van der Waals surface area (Å²) in [4.78, 5) is 28.6. The highest BCUT2D eigenvalue weighted by Gasteiger charge is 2.30. The molecular formula is C30H34Cl2N2O3. The first-order valence-corrected chi connectivity index (χ1v) is 13.4. The van der Waals surface area contributed by atoms with Gasteiger partial charge in [0.15, 0.2) is 6.61 Å². The average Bonchev–Trinajstić information content (AvgIpc) is 2.92. The van der Waals surface area contributed by atoms with Crippen LogP contribution in [0.5, 0.6) is 5.75 Å². The minimum atomic E-state index is -0.729. The Morgan fingerprint density at radius 2 is 1.59 bits per heavy atom. The number of nitrogens with zero attached hydrogens (tertiary/aromatic N) is 1. The van der Waals surface area contributed by atoms with Crippen molar-refractivity contribution in [2.45, 2.75) is 52.1 Å². The Hall–Kier alpha value is -3.02. The zero-order valence-corrected chi connectivity index (χ0v) is 22.9. The van der Waals surface area contributed by atoms with Gasteiger partial charge in [-0.15, -0.1) is 0 Å². The Balaban J connectivity index is 1.88. The van der Waals surface area contributed by atoms with Crippen molar-refractivity contribution < 1.29 is 14.3 Å². The molecule has 2 amide bonds. The SMILES string of the molecule is CCCCNC(=O)C(Cc1ccccc1)N(Cc1ccc(Cl)c(Cl)c1)C(=O)COc1ccc(CC)cc1. The summed E-state index contributed by atoms with van der Waals surface area (Å²) in [6.45, 7) is 4.69. The largest absolute Gasteiger partial charge is 0.484 e. The third-order valence-electron chi connectivity index (χ3n) is 6.13. The number of amides is 2. The van der Waals surface area contributed by atoms with Gasteiger partial charge in [0.05, 0.1) is 10.0 Å². The summed E-state index contributed by atoms with van der Waals surface area (Å²) < 4.78 is 5.84. The molecule has 0 aliphatic carbocycles. The van der Waals surface area contributed by atoms with Crippen molar-refractivity contribution in [2.24, 2.45) is 0 Å². The molecule has 0 aliphatic rings. The molecule has 1 unspecified atom stereocenters. The first-order chi connectivity index (χ1) is 17.9. The van der Waals surface area contributed by atoms with Crippen LogP contribution in [0.1, 0.15) is 43.4 Å². The van der Waals surface area contributed by atoms with E-state index < -0.39 is 6.04 Å². The van der Waals surface area contributed by atoms with E-state index >= 15 is 0 Å². The van der Waals surface area contributed by atoms with Gasteiger partial charge in [-0.05, 0) is 53.8 Å². The number of hydrogen-bond donors (Lipinski definition) is 1. The summed E-state index contributed by atoms with van der Waals surface area (Å²) in [5.41, 5.74) is 2.92. The molecule has 1 atom stereocenters. The van der Waals surface area contributed by atoms with E-state index in [0.717, 1.165) is 30.4 Å². The van der Waals surface area contributed by atoms with E-state index in [0.29, 0.717) is 28.8 Å². The molecule has 0 aliphatic heterocycles. The number of carbonyl (C=O) groups is 2. The normalized spacial score (nSPS) is 11.6. The Labute approximate surface area is 229 Å². The van der Waals surface area contributed by atoms with Crippen LogP contribution >= 0.6 is 23.2 Å². The van der Waals surface area contributed by atoms with Gasteiger partial charge in [-0.3, -0.25) is 9.59 Å². The van der Waals surface area contributed by atoms with E-state index in [1.807, 2.05) is 60.7 Å². The summed E-state index contributed by atoms with van der Waals surface area (Å²) in [5.74, 6) is 0.113. The summed E-state index contributed by atoms with van der Waals surface area (Å²) in [7, 11) is 0. The van der Waals surface area contributed by atoms with Gasteiger partial charge in [-0.1, -0.05) is 92.0 Å². The number of ether oxygens (including phenoxy) is 1. The molecule has 0 spiro atoms. The van der Waals surface area contributed by atoms with Gasteiger partial charge in [0.2, 0.25) is 5.91 Å². The minimum Gasteiger partial charge on any atom is -0.484 e. The van der Waals surface area contributed by atoms with Gasteiger partial charge in [0, 0.05) is 19.5 Å². The van der Waals surface area contributed by atoms with Crippen molar-refractivity contribution >= 4 is 35.0 Å². The van der Waals surface area contributed by atoms with Crippen molar-refractivity contribution in [1.29, 1.82) is 0 Å². The second kappa shape index (κ2) is 14.7. The van der Waals surface area contributed by atoms with Crippen LogP contribution in [-0.4, -0.2) is 35.9 Å². The molecule has 0 saturated carbocycles. The average molecular weight is 542 g/mol. The number of nitrogens with one attached hydrogen (secondary N) is 1. The Morgan fingerprint density at radius 3 is 2.24 bits per heavy atom. The highest BCUT2D eigenvalue weighted by atomic mass is 35.5. The zero-order valence-electron chi connectivity index (χ0n) is 21.4. The van der Waals surface area contributed by atoms with E-state index in [1.165, 1.54) is 5.56 Å². The molecule has 0 bridgehead atoms. The molecule has 7 heteroatoms. The number of rotatable bonds is 13. The minimum absolute atomic E-state index is 0.187. The highest BCUT2D eigenvalue weighted by molar-refractivity contribution is 6.42. The highest BCUT2D eigenvalue weighted by Crippen LogP contribution is 2.24. The van der Waals surface area contributed by atoms with Crippen LogP contribution in [0, 0.1) is 0 Å². The van der Waals surface area contributed by atoms with Crippen LogP contribution in [0.2, 0.25) is 10.0 Å². The van der Waals surface area contributed by atoms with E-state index in [1.54, 1.807) is 17.0 Å². The first-order valence-electron chi connectivity index (χ1n) is 12.7. The standard InChI is InChI=1S/C30H34Cl2N2O3/c1-3-5-17-33-30(36)28(19-23-9-7-6-8-10-23)34(20-24-13-16-26(31)27(32)18-24)29(35)21-37-25-14-11-22(4-2)12-15-25/h6-16,18,28H,3-5,17,19-21H2,1-2H3,(H,33,36). The molecule has 0 saturated heterocycles. The number of unbranched alkanes of at least 4 members (excludes halogenated alkanes) is 1. The smallest absolute Gasteiger partial charge is 0.261 e. The van der Waals surface area contributed by atoms with Gasteiger partial charge in [-0.25, -0.2) is 0 Å². The number of halogens is 2. The van der Waals surface area contributed by atoms with Gasteiger partial charge >= 0.3 is 0 Å². The first kappa shape index (κ1) is 28.5. The number of benzene rings is 3. The monoisotopic (exact) mass is 540 g/mol. The molecule has 3 rings (SSSR count). The lowest BCUT2D eigenvalue weighted by Gasteiger charge is -2.31. The predicted octanol–water partition coefficient (Wildman–Crippen LogP) is 6.49. The molecule has 5 nitrogen and oxygen atoms in total. The lowest BCUT2D eigenvalue weighted by Crippen LogP contribution is -2.51. The molecule has 196 valence electrons. The molecule has 3 aromatic rings. The molecule has 0 heterocycles. The third kappa shape index (κ3) is 8.80. The van der Waals surface area contributed by atoms with Crippen molar-refractivity contribution in [3.05, 3.63) is 99.5 Å². The Kier molecular flexibility index (Phi) is 11.3. The second-order valence-corrected chi connectivity index (χ2v) is 9.72. The third-order valence-corrected chi connectivity index (χ3v) is 6.87. The van der Waals surface area contributed by atoms with Gasteiger partial charge in [-0.2, -0.15) is 0 Å². The van der Waals surface area contributed by atoms with Crippen LogP contribution < -0.4 is 10.1 Å². The number of hydrogen-bond acceptors (Lipinski definition) is 3. The molecular weight excluding hydrogens is 507 g/mol. The van der Waals surface area contributed by atoms with Crippen LogP contribution in [-0.2, 0) is 29.0 Å². The van der Waals surface area contributed by atoms with E-state index in [4.69, 9.17) is 27.9 Å². The lowest BCUT2D eigenvalue weighted by molar-refractivity contribution is -0.142. The van der Waals surface area contributed by atoms with E-state index in [9.17, 15) is 9.59 Å². The maximum absolute atomic E-state index is 13.6. The zero-order chi connectivity index (χ0) is 26.6. The fourth-order valence-electron chi connectivity index (χ4n) is 3.94. The summed E-state index contributed by atoms with van der Waals surface area (Å²) in [6, 6.07) is 21.9. The maximum Gasteiger partial charge on any atom is 0.261 e. The fraction of sp³-hybridized carbons (Fsp3) is 0.333. The number of aryl methyl sites for hydroxylation is 1. The molecule has 0 fully saturated rings. The summed E-state index contributed by atoms with van der Waals surface area (Å²) in [5, 5.41) is 3.84. The van der Waals surface area contributed by atoms with Crippen LogP contribution in [0.15, 0.2) is 72.8 Å². The van der Waals surface area contributed by atoms with Gasteiger partial charge in [0.1, 0.15) is 11.8 Å². The lowest BCUT2D eigenvalue weighted by atomic mass is 10.0. The van der Waals surface area contributed by atoms with E-state index in [2.05, 4.69) is 19.2 Å². The van der Waals surface area contributed by atoms with Crippen LogP contribution in [0.3, 0.4) is 0 Å². The molecule has 0 aromatic heterocycles. The summed E-state index contributed by atoms with van der Waals surface area (Å²) >= 11 is 12.4. The molecule has 3 aromatic carbocycles. The van der Waals surface area contributed by atoms with Gasteiger partial charge < -0.3 is 15.0 Å². The molecule has 1 N–H and O–H groups in total. The van der Waals surface area contributed by atoms with E-state index in [-0.39, 0.29) is 25.0 Å². The van der Waals surface area contributed by atoms with Crippen molar-refractivity contribution in [1.82, 2.24) is 10.2 Å². The van der Waals surface area contributed by atoms with Crippen molar-refractivity contribution in [3.63, 3.8) is 0 Å². The maximum atomic E-state index is 13.6. The van der Waals surface area contributed by atoms with Crippen LogP contribution in [0.4, 0.5) is 0 Å². The summed E-state index contributed by atoms with van der Waals surface area (Å²) in [6.07, 6.45) is 3.11. The predicted molar refractivity (Wildman–Crippen MR) is 150 cm³/mol. The van der Waals surface area contributed by atoms with Crippen molar-refractivity contribution in [2.75, 3.05) is 13.2 Å². The molecule has 0 radical (unpaired) electrons. The van der Waals surface area contributed by atoms with Crippen molar-refractivity contribution in [3.8, 4) is 5.75 Å². The second-order valence-electron chi connectivity index (χ2n) is 8.91. The van der Waals surface area contributed by atoms with Gasteiger partial charge in [0.25, 0.3) is 5.91 Å². The fourth-order valence-corrected chi connectivity index (χ4v) is 4.26.